The standard InChI is InChI=1S/C21H21N3O3S2/c1-3-27-20(26)15-9-11-16(12-10-15)24-18(22)17(29-21(24)28)19(25)23-13(2)14-7-5-4-6-8-14/h4-13H,3,22H2,1-2H3,(H,23,25)/t13-/m1/s1. The highest BCUT2D eigenvalue weighted by molar-refractivity contribution is 7.73. The highest BCUT2D eigenvalue weighted by atomic mass is 32.1. The first-order chi connectivity index (χ1) is 13.9. The summed E-state index contributed by atoms with van der Waals surface area (Å²) >= 11 is 6.57. The Bertz CT molecular complexity index is 1070. The van der Waals surface area contributed by atoms with E-state index < -0.39 is 5.97 Å². The molecule has 0 fully saturated rings. The molecule has 0 spiro atoms. The second-order valence-electron chi connectivity index (χ2n) is 6.29. The molecule has 0 aliphatic heterocycles. The number of benzene rings is 2. The van der Waals surface area contributed by atoms with E-state index >= 15 is 0 Å². The predicted octanol–water partition coefficient (Wildman–Crippen LogP) is 4.52. The summed E-state index contributed by atoms with van der Waals surface area (Å²) in [5, 5.41) is 2.95. The van der Waals surface area contributed by atoms with Gasteiger partial charge in [0.05, 0.1) is 18.2 Å². The van der Waals surface area contributed by atoms with Crippen molar-refractivity contribution >= 4 is 41.2 Å². The summed E-state index contributed by atoms with van der Waals surface area (Å²) in [5.41, 5.74) is 8.36. The molecule has 3 aromatic rings. The molecule has 8 heteroatoms. The van der Waals surface area contributed by atoms with Gasteiger partial charge in [-0.05, 0) is 55.9 Å². The van der Waals surface area contributed by atoms with E-state index in [4.69, 9.17) is 22.7 Å². The van der Waals surface area contributed by atoms with Gasteiger partial charge in [-0.25, -0.2) is 4.79 Å². The Balaban J connectivity index is 1.84. The number of nitrogens with zero attached hydrogens (tertiary/aromatic N) is 1. The lowest BCUT2D eigenvalue weighted by Gasteiger charge is -2.14. The fourth-order valence-corrected chi connectivity index (χ4v) is 4.11. The Morgan fingerprint density at radius 1 is 1.17 bits per heavy atom. The Hall–Kier alpha value is -2.97. The van der Waals surface area contributed by atoms with E-state index in [1.807, 2.05) is 37.3 Å². The number of thiazole rings is 1. The van der Waals surface area contributed by atoms with E-state index in [9.17, 15) is 9.59 Å². The van der Waals surface area contributed by atoms with Crippen molar-refractivity contribution in [1.82, 2.24) is 9.88 Å². The van der Waals surface area contributed by atoms with Crippen molar-refractivity contribution < 1.29 is 14.3 Å². The molecule has 3 rings (SSSR count). The molecule has 6 nitrogen and oxygen atoms in total. The first-order valence-corrected chi connectivity index (χ1v) is 10.3. The van der Waals surface area contributed by atoms with Crippen LogP contribution in [0.4, 0.5) is 5.82 Å². The van der Waals surface area contributed by atoms with Gasteiger partial charge in [0.1, 0.15) is 10.7 Å². The number of carbonyl (C=O) groups is 2. The average molecular weight is 428 g/mol. The zero-order chi connectivity index (χ0) is 21.0. The van der Waals surface area contributed by atoms with Crippen LogP contribution in [0, 0.1) is 3.95 Å². The number of hydrogen-bond acceptors (Lipinski definition) is 6. The number of esters is 1. The van der Waals surface area contributed by atoms with Crippen molar-refractivity contribution in [1.29, 1.82) is 0 Å². The molecular formula is C21H21N3O3S2. The fraction of sp³-hybridized carbons (Fsp3) is 0.190. The summed E-state index contributed by atoms with van der Waals surface area (Å²) in [6, 6.07) is 16.2. The van der Waals surface area contributed by atoms with Crippen LogP contribution in [0.25, 0.3) is 5.69 Å². The van der Waals surface area contributed by atoms with Crippen LogP contribution in [-0.4, -0.2) is 23.1 Å². The summed E-state index contributed by atoms with van der Waals surface area (Å²) in [7, 11) is 0. The molecule has 1 heterocycles. The van der Waals surface area contributed by atoms with Crippen LogP contribution in [0.5, 0.6) is 0 Å². The molecule has 1 amide bonds. The van der Waals surface area contributed by atoms with E-state index in [0.717, 1.165) is 16.9 Å². The van der Waals surface area contributed by atoms with Gasteiger partial charge in [0.25, 0.3) is 5.91 Å². The number of rotatable bonds is 6. The van der Waals surface area contributed by atoms with Crippen molar-refractivity contribution in [3.05, 3.63) is 74.6 Å². The largest absolute Gasteiger partial charge is 0.462 e. The van der Waals surface area contributed by atoms with E-state index in [1.165, 1.54) is 0 Å². The van der Waals surface area contributed by atoms with Crippen LogP contribution in [0.3, 0.4) is 0 Å². The van der Waals surface area contributed by atoms with Crippen LogP contribution in [0.2, 0.25) is 0 Å². The summed E-state index contributed by atoms with van der Waals surface area (Å²) < 4.78 is 7.06. The maximum atomic E-state index is 12.8. The molecule has 0 saturated heterocycles. The van der Waals surface area contributed by atoms with Gasteiger partial charge in [-0.1, -0.05) is 41.7 Å². The Kier molecular flexibility index (Phi) is 6.46. The van der Waals surface area contributed by atoms with Crippen LogP contribution in [0.1, 0.15) is 45.5 Å². The molecule has 1 aromatic heterocycles. The lowest BCUT2D eigenvalue weighted by atomic mass is 10.1. The third-order valence-corrected chi connectivity index (χ3v) is 5.72. The molecule has 29 heavy (non-hydrogen) atoms. The number of anilines is 1. The Labute approximate surface area is 177 Å². The molecule has 0 radical (unpaired) electrons. The summed E-state index contributed by atoms with van der Waals surface area (Å²) in [5.74, 6) is -0.408. The predicted molar refractivity (Wildman–Crippen MR) is 117 cm³/mol. The molecule has 0 aliphatic carbocycles. The van der Waals surface area contributed by atoms with E-state index in [1.54, 1.807) is 35.8 Å². The van der Waals surface area contributed by atoms with Crippen LogP contribution in [-0.2, 0) is 4.74 Å². The quantitative estimate of drug-likeness (QED) is 0.446. The van der Waals surface area contributed by atoms with Crippen molar-refractivity contribution in [2.45, 2.75) is 19.9 Å². The third kappa shape index (κ3) is 4.55. The minimum Gasteiger partial charge on any atom is -0.462 e. The summed E-state index contributed by atoms with van der Waals surface area (Å²) in [4.78, 5) is 24.9. The zero-order valence-electron chi connectivity index (χ0n) is 16.0. The number of nitrogens with two attached hydrogens (primary N) is 1. The Morgan fingerprint density at radius 3 is 2.45 bits per heavy atom. The van der Waals surface area contributed by atoms with Crippen molar-refractivity contribution in [2.75, 3.05) is 12.3 Å². The number of amides is 1. The highest BCUT2D eigenvalue weighted by Gasteiger charge is 2.20. The molecule has 2 aromatic carbocycles. The van der Waals surface area contributed by atoms with Gasteiger partial charge in [-0.15, -0.1) is 0 Å². The number of nitrogens with one attached hydrogen (secondary N) is 1. The maximum Gasteiger partial charge on any atom is 0.338 e. The molecule has 150 valence electrons. The molecule has 3 N–H and O–H groups in total. The lowest BCUT2D eigenvalue weighted by molar-refractivity contribution is 0.0526. The van der Waals surface area contributed by atoms with E-state index in [-0.39, 0.29) is 17.8 Å². The van der Waals surface area contributed by atoms with E-state index in [0.29, 0.717) is 26.7 Å². The third-order valence-electron chi connectivity index (χ3n) is 4.34. The van der Waals surface area contributed by atoms with Crippen molar-refractivity contribution in [3.63, 3.8) is 0 Å². The normalized spacial score (nSPS) is 11.7. The second-order valence-corrected chi connectivity index (χ2v) is 7.94. The van der Waals surface area contributed by atoms with E-state index in [2.05, 4.69) is 5.32 Å². The number of nitrogen functional groups attached to an aromatic ring is 1. The second kappa shape index (κ2) is 9.02. The summed E-state index contributed by atoms with van der Waals surface area (Å²) in [6.45, 7) is 3.97. The molecule has 0 unspecified atom stereocenters. The number of carbonyl (C=O) groups excluding carboxylic acids is 2. The fourth-order valence-electron chi connectivity index (χ4n) is 2.84. The molecule has 0 aliphatic rings. The maximum absolute atomic E-state index is 12.8. The number of hydrogen-bond donors (Lipinski definition) is 2. The lowest BCUT2D eigenvalue weighted by Crippen LogP contribution is -2.26. The van der Waals surface area contributed by atoms with Gasteiger partial charge in [0.15, 0.2) is 3.95 Å². The zero-order valence-corrected chi connectivity index (χ0v) is 17.7. The molecule has 1 atom stereocenters. The Morgan fingerprint density at radius 2 is 1.83 bits per heavy atom. The molecule has 0 bridgehead atoms. The molecular weight excluding hydrogens is 406 g/mol. The SMILES string of the molecule is CCOC(=O)c1ccc(-n2c(N)c(C(=O)N[C@H](C)c3ccccc3)sc2=S)cc1. The molecule has 0 saturated carbocycles. The van der Waals surface area contributed by atoms with Gasteiger partial charge in [-0.3, -0.25) is 9.36 Å². The van der Waals surface area contributed by atoms with Gasteiger partial charge in [0.2, 0.25) is 0 Å². The van der Waals surface area contributed by atoms with Gasteiger partial charge in [-0.2, -0.15) is 0 Å². The smallest absolute Gasteiger partial charge is 0.338 e. The number of ether oxygens (including phenoxy) is 1. The van der Waals surface area contributed by atoms with Gasteiger partial charge >= 0.3 is 5.97 Å². The number of aromatic nitrogens is 1. The van der Waals surface area contributed by atoms with Crippen molar-refractivity contribution in [2.24, 2.45) is 0 Å². The van der Waals surface area contributed by atoms with Crippen molar-refractivity contribution in [3.8, 4) is 5.69 Å². The minimum atomic E-state index is -0.393. The first-order valence-electron chi connectivity index (χ1n) is 9.07. The minimum absolute atomic E-state index is 0.170. The van der Waals surface area contributed by atoms with Crippen LogP contribution >= 0.6 is 23.6 Å². The van der Waals surface area contributed by atoms with Crippen LogP contribution in [0.15, 0.2) is 54.6 Å². The average Bonchev–Trinajstić information content (AvgIpc) is 3.03. The summed E-state index contributed by atoms with van der Waals surface area (Å²) in [6.07, 6.45) is 0. The van der Waals surface area contributed by atoms with Gasteiger partial charge < -0.3 is 15.8 Å². The topological polar surface area (TPSA) is 86.3 Å². The van der Waals surface area contributed by atoms with Gasteiger partial charge in [0, 0.05) is 5.69 Å². The first kappa shape index (κ1) is 20.8. The van der Waals surface area contributed by atoms with Crippen LogP contribution < -0.4 is 11.1 Å². The highest BCUT2D eigenvalue weighted by Crippen LogP contribution is 2.27. The monoisotopic (exact) mass is 427 g/mol.